The molecule has 34 heavy (non-hydrogen) atoms. The Morgan fingerprint density at radius 2 is 1.76 bits per heavy atom. The van der Waals surface area contributed by atoms with E-state index in [0.29, 0.717) is 41.4 Å². The van der Waals surface area contributed by atoms with Gasteiger partial charge in [0.2, 0.25) is 5.91 Å². The molecule has 0 spiro atoms. The van der Waals surface area contributed by atoms with Gasteiger partial charge in [-0.3, -0.25) is 4.79 Å². The van der Waals surface area contributed by atoms with Crippen molar-refractivity contribution in [3.63, 3.8) is 0 Å². The molecule has 3 atom stereocenters. The van der Waals surface area contributed by atoms with Gasteiger partial charge in [-0.2, -0.15) is 0 Å². The Kier molecular flexibility index (Phi) is 8.70. The van der Waals surface area contributed by atoms with E-state index >= 15 is 0 Å². The maximum Gasteiger partial charge on any atom is 0.223 e. The Morgan fingerprint density at radius 3 is 2.38 bits per heavy atom. The summed E-state index contributed by atoms with van der Waals surface area (Å²) in [5.41, 5.74) is 1.47. The molecule has 0 aliphatic carbocycles. The molecule has 1 N–H and O–H groups in total. The number of methoxy groups -OCH3 is 2. The van der Waals surface area contributed by atoms with Gasteiger partial charge >= 0.3 is 0 Å². The maximum atomic E-state index is 13.5. The fourth-order valence-electron chi connectivity index (χ4n) is 4.87. The van der Waals surface area contributed by atoms with E-state index in [0.717, 1.165) is 30.8 Å². The lowest BCUT2D eigenvalue weighted by Crippen LogP contribution is -2.43. The van der Waals surface area contributed by atoms with Crippen molar-refractivity contribution in [2.75, 3.05) is 33.9 Å². The number of ether oxygens (including phenoxy) is 3. The predicted octanol–water partition coefficient (Wildman–Crippen LogP) is 5.47. The van der Waals surface area contributed by atoms with Crippen molar-refractivity contribution >= 4 is 5.91 Å². The topological polar surface area (TPSA) is 68.2 Å². The van der Waals surface area contributed by atoms with Crippen molar-refractivity contribution in [2.45, 2.75) is 46.5 Å². The zero-order valence-corrected chi connectivity index (χ0v) is 21.3. The summed E-state index contributed by atoms with van der Waals surface area (Å²) >= 11 is 0. The summed E-state index contributed by atoms with van der Waals surface area (Å²) < 4.78 is 16.9. The van der Waals surface area contributed by atoms with Crippen LogP contribution < -0.4 is 14.2 Å². The van der Waals surface area contributed by atoms with Crippen LogP contribution in [-0.4, -0.2) is 49.8 Å². The molecule has 186 valence electrons. The van der Waals surface area contributed by atoms with Crippen molar-refractivity contribution in [2.24, 2.45) is 17.8 Å². The SMILES string of the molecule is COc1cc(O)c(C(CC(=O)N2CC(C)CC(C)C2)c2cccc(OCC(C)C)c2)c(OC)c1. The van der Waals surface area contributed by atoms with Gasteiger partial charge in [-0.15, -0.1) is 0 Å². The first kappa shape index (κ1) is 25.7. The second-order valence-corrected chi connectivity index (χ2v) is 10.0. The van der Waals surface area contributed by atoms with E-state index < -0.39 is 5.92 Å². The minimum atomic E-state index is -0.400. The number of hydrogen-bond donors (Lipinski definition) is 1. The Morgan fingerprint density at radius 1 is 1.06 bits per heavy atom. The first-order valence-corrected chi connectivity index (χ1v) is 12.2. The molecule has 0 aromatic heterocycles. The lowest BCUT2D eigenvalue weighted by Gasteiger charge is -2.36. The van der Waals surface area contributed by atoms with E-state index in [4.69, 9.17) is 14.2 Å². The van der Waals surface area contributed by atoms with Crippen molar-refractivity contribution in [3.05, 3.63) is 47.5 Å². The maximum absolute atomic E-state index is 13.5. The average molecular weight is 470 g/mol. The number of aromatic hydroxyl groups is 1. The number of carbonyl (C=O) groups is 1. The molecule has 6 nitrogen and oxygen atoms in total. The molecule has 2 aromatic rings. The predicted molar refractivity (Wildman–Crippen MR) is 134 cm³/mol. The Bertz CT molecular complexity index is 963. The first-order chi connectivity index (χ1) is 16.2. The summed E-state index contributed by atoms with van der Waals surface area (Å²) in [6.45, 7) is 10.7. The molecule has 0 bridgehead atoms. The summed E-state index contributed by atoms with van der Waals surface area (Å²) in [5, 5.41) is 11.0. The van der Waals surface area contributed by atoms with Crippen molar-refractivity contribution < 1.29 is 24.1 Å². The van der Waals surface area contributed by atoms with Gasteiger partial charge in [-0.1, -0.05) is 39.8 Å². The van der Waals surface area contributed by atoms with Crippen LogP contribution in [0.2, 0.25) is 0 Å². The molecule has 1 amide bonds. The van der Waals surface area contributed by atoms with Crippen LogP contribution >= 0.6 is 0 Å². The summed E-state index contributed by atoms with van der Waals surface area (Å²) in [7, 11) is 3.11. The van der Waals surface area contributed by atoms with Gasteiger partial charge in [0.1, 0.15) is 23.0 Å². The number of piperidine rings is 1. The minimum absolute atomic E-state index is 0.0443. The van der Waals surface area contributed by atoms with Gasteiger partial charge in [0, 0.05) is 43.1 Å². The van der Waals surface area contributed by atoms with Crippen LogP contribution in [0.3, 0.4) is 0 Å². The summed E-state index contributed by atoms with van der Waals surface area (Å²) in [6, 6.07) is 11.1. The molecule has 1 aliphatic rings. The molecule has 1 fully saturated rings. The smallest absolute Gasteiger partial charge is 0.223 e. The van der Waals surface area contributed by atoms with Gasteiger partial charge in [-0.25, -0.2) is 0 Å². The zero-order chi connectivity index (χ0) is 24.8. The van der Waals surface area contributed by atoms with E-state index in [9.17, 15) is 9.90 Å². The quantitative estimate of drug-likeness (QED) is 0.527. The van der Waals surface area contributed by atoms with E-state index in [-0.39, 0.29) is 18.1 Å². The molecule has 1 saturated heterocycles. The van der Waals surface area contributed by atoms with Crippen LogP contribution in [0.4, 0.5) is 0 Å². The van der Waals surface area contributed by atoms with E-state index in [1.54, 1.807) is 26.4 Å². The standard InChI is InChI=1S/C28H39NO5/c1-18(2)17-34-22-9-7-8-21(11-22)24(14-27(31)29-15-19(3)10-20(4)16-29)28-25(30)12-23(32-5)13-26(28)33-6/h7-9,11-13,18-20,24,30H,10,14-17H2,1-6H3. The van der Waals surface area contributed by atoms with Gasteiger partial charge in [0.25, 0.3) is 0 Å². The molecule has 1 heterocycles. The second-order valence-electron chi connectivity index (χ2n) is 10.0. The zero-order valence-electron chi connectivity index (χ0n) is 21.3. The van der Waals surface area contributed by atoms with Crippen LogP contribution in [0.15, 0.2) is 36.4 Å². The monoisotopic (exact) mass is 469 g/mol. The Balaban J connectivity index is 2.01. The normalized spacial score (nSPS) is 19.1. The Hall–Kier alpha value is -2.89. The third-order valence-electron chi connectivity index (χ3n) is 6.34. The largest absolute Gasteiger partial charge is 0.507 e. The molecule has 3 unspecified atom stereocenters. The highest BCUT2D eigenvalue weighted by atomic mass is 16.5. The highest BCUT2D eigenvalue weighted by Crippen LogP contribution is 2.44. The fourth-order valence-corrected chi connectivity index (χ4v) is 4.87. The number of phenolic OH excluding ortho intramolecular Hbond substituents is 1. The molecule has 2 aromatic carbocycles. The van der Waals surface area contributed by atoms with E-state index in [1.807, 2.05) is 29.2 Å². The van der Waals surface area contributed by atoms with Gasteiger partial charge in [0.15, 0.2) is 0 Å². The number of likely N-dealkylation sites (tertiary alicyclic amines) is 1. The third kappa shape index (κ3) is 6.37. The number of nitrogens with zero attached hydrogens (tertiary/aromatic N) is 1. The molecule has 0 saturated carbocycles. The Labute approximate surface area is 203 Å². The van der Waals surface area contributed by atoms with Crippen molar-refractivity contribution in [3.8, 4) is 23.0 Å². The number of rotatable bonds is 9. The number of hydrogen-bond acceptors (Lipinski definition) is 5. The lowest BCUT2D eigenvalue weighted by molar-refractivity contribution is -0.134. The highest BCUT2D eigenvalue weighted by Gasteiger charge is 2.31. The van der Waals surface area contributed by atoms with Gasteiger partial charge in [0.05, 0.1) is 20.8 Å². The van der Waals surface area contributed by atoms with Gasteiger partial charge in [-0.05, 0) is 41.9 Å². The summed E-state index contributed by atoms with van der Waals surface area (Å²) in [4.78, 5) is 15.5. The first-order valence-electron chi connectivity index (χ1n) is 12.2. The summed E-state index contributed by atoms with van der Waals surface area (Å²) in [5.74, 6) is 2.80. The number of phenols is 1. The van der Waals surface area contributed by atoms with Crippen molar-refractivity contribution in [1.29, 1.82) is 0 Å². The van der Waals surface area contributed by atoms with Crippen LogP contribution in [0.5, 0.6) is 23.0 Å². The molecule has 1 aliphatic heterocycles. The third-order valence-corrected chi connectivity index (χ3v) is 6.34. The number of benzene rings is 2. The lowest BCUT2D eigenvalue weighted by atomic mass is 9.85. The van der Waals surface area contributed by atoms with E-state index in [2.05, 4.69) is 27.7 Å². The second kappa shape index (κ2) is 11.5. The molecule has 0 radical (unpaired) electrons. The molecule has 6 heteroatoms. The fraction of sp³-hybridized carbons (Fsp3) is 0.536. The number of carbonyl (C=O) groups excluding carboxylic acids is 1. The van der Waals surface area contributed by atoms with Crippen LogP contribution in [0.1, 0.15) is 57.6 Å². The average Bonchev–Trinajstić information content (AvgIpc) is 2.80. The van der Waals surface area contributed by atoms with E-state index in [1.165, 1.54) is 0 Å². The number of amides is 1. The van der Waals surface area contributed by atoms with Crippen LogP contribution in [0.25, 0.3) is 0 Å². The molecule has 3 rings (SSSR count). The van der Waals surface area contributed by atoms with Crippen molar-refractivity contribution in [1.82, 2.24) is 4.90 Å². The molecular weight excluding hydrogens is 430 g/mol. The highest BCUT2D eigenvalue weighted by molar-refractivity contribution is 5.78. The summed E-state index contributed by atoms with van der Waals surface area (Å²) in [6.07, 6.45) is 1.36. The van der Waals surface area contributed by atoms with Crippen LogP contribution in [-0.2, 0) is 4.79 Å². The van der Waals surface area contributed by atoms with Gasteiger partial charge < -0.3 is 24.2 Å². The minimum Gasteiger partial charge on any atom is -0.507 e. The van der Waals surface area contributed by atoms with Crippen LogP contribution in [0, 0.1) is 17.8 Å². The molecular formula is C28H39NO5.